The van der Waals surface area contributed by atoms with Crippen molar-refractivity contribution in [2.45, 2.75) is 20.8 Å². The molecule has 0 aromatic heterocycles. The van der Waals surface area contributed by atoms with Crippen LogP contribution in [0.3, 0.4) is 0 Å². The lowest BCUT2D eigenvalue weighted by molar-refractivity contribution is 0.445. The van der Waals surface area contributed by atoms with E-state index in [9.17, 15) is 5.11 Å². The maximum absolute atomic E-state index is 9.86. The van der Waals surface area contributed by atoms with Gasteiger partial charge in [0.25, 0.3) is 0 Å². The van der Waals surface area contributed by atoms with Crippen molar-refractivity contribution in [3.05, 3.63) is 52.0 Å². The molecule has 0 fully saturated rings. The van der Waals surface area contributed by atoms with Crippen LogP contribution in [0.1, 0.15) is 16.7 Å². The van der Waals surface area contributed by atoms with Crippen molar-refractivity contribution in [1.82, 2.24) is 0 Å². The maximum Gasteiger partial charge on any atom is 0.134 e. The van der Waals surface area contributed by atoms with E-state index >= 15 is 0 Å². The molecule has 2 aromatic carbocycles. The first-order valence-electron chi connectivity index (χ1n) is 5.72. The fraction of sp³-hybridized carbons (Fsp3) is 0.200. The Labute approximate surface area is 112 Å². The van der Waals surface area contributed by atoms with Crippen LogP contribution in [0, 0.1) is 20.8 Å². The van der Waals surface area contributed by atoms with Crippen molar-refractivity contribution < 1.29 is 9.84 Å². The van der Waals surface area contributed by atoms with Crippen LogP contribution < -0.4 is 4.74 Å². The van der Waals surface area contributed by atoms with Crippen molar-refractivity contribution in [3.8, 4) is 17.2 Å². The zero-order chi connectivity index (χ0) is 13.3. The second-order valence-electron chi connectivity index (χ2n) is 4.37. The minimum absolute atomic E-state index is 0.276. The summed E-state index contributed by atoms with van der Waals surface area (Å²) in [6.45, 7) is 5.62. The van der Waals surface area contributed by atoms with E-state index in [4.69, 9.17) is 16.3 Å². The first-order valence-corrected chi connectivity index (χ1v) is 6.10. The number of rotatable bonds is 2. The lowest BCUT2D eigenvalue weighted by Crippen LogP contribution is -1.90. The number of hydrogen-bond donors (Lipinski definition) is 1. The summed E-state index contributed by atoms with van der Waals surface area (Å²) in [5.41, 5.74) is 2.54. The number of benzene rings is 2. The van der Waals surface area contributed by atoms with Gasteiger partial charge < -0.3 is 9.84 Å². The summed E-state index contributed by atoms with van der Waals surface area (Å²) in [5.74, 6) is 1.64. The highest BCUT2D eigenvalue weighted by atomic mass is 35.5. The molecule has 3 heteroatoms. The van der Waals surface area contributed by atoms with E-state index in [2.05, 4.69) is 0 Å². The molecular weight excluding hydrogens is 248 g/mol. The Morgan fingerprint density at radius 3 is 2.39 bits per heavy atom. The van der Waals surface area contributed by atoms with E-state index in [1.54, 1.807) is 6.07 Å². The summed E-state index contributed by atoms with van der Waals surface area (Å²) >= 11 is 5.97. The number of phenols is 1. The number of ether oxygens (including phenoxy) is 1. The topological polar surface area (TPSA) is 29.5 Å². The minimum Gasteiger partial charge on any atom is -0.507 e. The van der Waals surface area contributed by atoms with Gasteiger partial charge in [-0.15, -0.1) is 0 Å². The predicted octanol–water partition coefficient (Wildman–Crippen LogP) is 4.76. The molecule has 0 spiro atoms. The van der Waals surface area contributed by atoms with Gasteiger partial charge in [-0.3, -0.25) is 0 Å². The lowest BCUT2D eigenvalue weighted by atomic mass is 10.1. The highest BCUT2D eigenvalue weighted by Crippen LogP contribution is 2.33. The van der Waals surface area contributed by atoms with E-state index in [1.807, 2.05) is 45.0 Å². The molecule has 2 aromatic rings. The molecule has 0 atom stereocenters. The lowest BCUT2D eigenvalue weighted by Gasteiger charge is -2.12. The zero-order valence-electron chi connectivity index (χ0n) is 10.6. The monoisotopic (exact) mass is 262 g/mol. The number of halogens is 1. The van der Waals surface area contributed by atoms with Gasteiger partial charge in [0.1, 0.15) is 17.2 Å². The average Bonchev–Trinajstić information content (AvgIpc) is 2.34. The summed E-state index contributed by atoms with van der Waals surface area (Å²) in [5, 5.41) is 10.6. The van der Waals surface area contributed by atoms with Crippen LogP contribution in [0.4, 0.5) is 0 Å². The Balaban J connectivity index is 2.34. The van der Waals surface area contributed by atoms with Crippen LogP contribution in [0.15, 0.2) is 30.3 Å². The van der Waals surface area contributed by atoms with Gasteiger partial charge in [0, 0.05) is 10.6 Å². The van der Waals surface area contributed by atoms with Gasteiger partial charge in [-0.25, -0.2) is 0 Å². The molecule has 0 saturated carbocycles. The summed E-state index contributed by atoms with van der Waals surface area (Å²) in [6, 6.07) is 9.18. The second-order valence-corrected chi connectivity index (χ2v) is 4.77. The number of hydrogen-bond acceptors (Lipinski definition) is 2. The molecule has 18 heavy (non-hydrogen) atoms. The highest BCUT2D eigenvalue weighted by molar-refractivity contribution is 6.31. The third-order valence-corrected chi connectivity index (χ3v) is 3.36. The summed E-state index contributed by atoms with van der Waals surface area (Å²) in [4.78, 5) is 0. The Morgan fingerprint density at radius 1 is 1.00 bits per heavy atom. The quantitative estimate of drug-likeness (QED) is 0.845. The Bertz CT molecular complexity index is 591. The molecule has 0 amide bonds. The normalized spacial score (nSPS) is 10.4. The zero-order valence-corrected chi connectivity index (χ0v) is 11.4. The number of aromatic hydroxyl groups is 1. The van der Waals surface area contributed by atoms with Crippen molar-refractivity contribution >= 4 is 11.6 Å². The molecular formula is C15H15ClO2. The van der Waals surface area contributed by atoms with E-state index in [0.717, 1.165) is 16.7 Å². The van der Waals surface area contributed by atoms with Crippen LogP contribution in [0.25, 0.3) is 0 Å². The van der Waals surface area contributed by atoms with E-state index < -0.39 is 0 Å². The molecule has 0 aliphatic rings. The SMILES string of the molecule is Cc1cc(Oc2ccc(C)c(O)c2C)ccc1Cl. The summed E-state index contributed by atoms with van der Waals surface area (Å²) < 4.78 is 5.76. The second kappa shape index (κ2) is 4.91. The molecule has 0 heterocycles. The Hall–Kier alpha value is -1.67. The van der Waals surface area contributed by atoms with Crippen molar-refractivity contribution in [1.29, 1.82) is 0 Å². The molecule has 0 aliphatic heterocycles. The number of aryl methyl sites for hydroxylation is 2. The minimum atomic E-state index is 0.276. The molecule has 0 unspecified atom stereocenters. The predicted molar refractivity (Wildman–Crippen MR) is 73.8 cm³/mol. The van der Waals surface area contributed by atoms with E-state index in [1.165, 1.54) is 0 Å². The standard InChI is InChI=1S/C15H15ClO2/c1-9-4-7-14(11(3)15(9)17)18-12-5-6-13(16)10(2)8-12/h4-8,17H,1-3H3. The molecule has 0 bridgehead atoms. The summed E-state index contributed by atoms with van der Waals surface area (Å²) in [6.07, 6.45) is 0. The van der Waals surface area contributed by atoms with Gasteiger partial charge in [-0.1, -0.05) is 17.7 Å². The van der Waals surface area contributed by atoms with Crippen molar-refractivity contribution in [2.24, 2.45) is 0 Å². The third-order valence-electron chi connectivity index (χ3n) is 2.94. The molecule has 94 valence electrons. The average molecular weight is 263 g/mol. The fourth-order valence-electron chi connectivity index (χ4n) is 1.74. The first-order chi connectivity index (χ1) is 8.49. The molecule has 0 aliphatic carbocycles. The fourth-order valence-corrected chi connectivity index (χ4v) is 1.85. The van der Waals surface area contributed by atoms with E-state index in [-0.39, 0.29) is 5.75 Å². The summed E-state index contributed by atoms with van der Waals surface area (Å²) in [7, 11) is 0. The van der Waals surface area contributed by atoms with Gasteiger partial charge in [0.05, 0.1) is 0 Å². The largest absolute Gasteiger partial charge is 0.507 e. The Morgan fingerprint density at radius 2 is 1.72 bits per heavy atom. The third kappa shape index (κ3) is 2.44. The van der Waals surface area contributed by atoms with Gasteiger partial charge >= 0.3 is 0 Å². The maximum atomic E-state index is 9.86. The van der Waals surface area contributed by atoms with Crippen LogP contribution in [0.5, 0.6) is 17.2 Å². The number of phenolic OH excluding ortho intramolecular Hbond substituents is 1. The molecule has 2 rings (SSSR count). The smallest absolute Gasteiger partial charge is 0.134 e. The van der Waals surface area contributed by atoms with Crippen molar-refractivity contribution in [3.63, 3.8) is 0 Å². The van der Waals surface area contributed by atoms with Crippen LogP contribution in [0.2, 0.25) is 5.02 Å². The van der Waals surface area contributed by atoms with Gasteiger partial charge in [-0.2, -0.15) is 0 Å². The van der Waals surface area contributed by atoms with Gasteiger partial charge in [0.2, 0.25) is 0 Å². The van der Waals surface area contributed by atoms with E-state index in [0.29, 0.717) is 16.5 Å². The molecule has 2 nitrogen and oxygen atoms in total. The van der Waals surface area contributed by atoms with Crippen molar-refractivity contribution in [2.75, 3.05) is 0 Å². The van der Waals surface area contributed by atoms with Gasteiger partial charge in [0.15, 0.2) is 0 Å². The van der Waals surface area contributed by atoms with Crippen LogP contribution in [-0.2, 0) is 0 Å². The molecule has 1 N–H and O–H groups in total. The highest BCUT2D eigenvalue weighted by Gasteiger charge is 2.08. The molecule has 0 radical (unpaired) electrons. The van der Waals surface area contributed by atoms with Crippen LogP contribution >= 0.6 is 11.6 Å². The molecule has 0 saturated heterocycles. The first kappa shape index (κ1) is 12.8. The Kier molecular flexibility index (Phi) is 3.48. The van der Waals surface area contributed by atoms with Crippen LogP contribution in [-0.4, -0.2) is 5.11 Å². The van der Waals surface area contributed by atoms with Gasteiger partial charge in [-0.05, 0) is 56.2 Å².